The van der Waals surface area contributed by atoms with Gasteiger partial charge in [0.25, 0.3) is 0 Å². The molecule has 1 saturated heterocycles. The average molecular weight is 304 g/mol. The molecule has 0 radical (unpaired) electrons. The van der Waals surface area contributed by atoms with E-state index in [2.05, 4.69) is 58.9 Å². The first-order valence-corrected chi connectivity index (χ1v) is 8.74. The molecule has 2 unspecified atom stereocenters. The molecule has 0 N–H and O–H groups in total. The highest BCUT2D eigenvalue weighted by atomic mass is 16.7. The smallest absolute Gasteiger partial charge is 0.199 e. The Bertz CT molecular complexity index is 436. The van der Waals surface area contributed by atoms with Gasteiger partial charge in [-0.15, -0.1) is 0 Å². The van der Waals surface area contributed by atoms with Crippen molar-refractivity contribution in [2.75, 3.05) is 6.61 Å². The molecule has 1 aromatic carbocycles. The van der Waals surface area contributed by atoms with Gasteiger partial charge in [0.05, 0.1) is 6.61 Å². The van der Waals surface area contributed by atoms with Crippen LogP contribution in [0.1, 0.15) is 71.8 Å². The Hall–Kier alpha value is -1.02. The standard InChI is InChI=1S/C20H32O2/c1-15(2)14-18(20(3,4)5)16-9-11-17(12-10-16)22-19-8-6-7-13-21-19/h9-12,15,18-19H,6-8,13-14H2,1-5H3. The highest BCUT2D eigenvalue weighted by Gasteiger charge is 2.27. The summed E-state index contributed by atoms with van der Waals surface area (Å²) in [6, 6.07) is 8.67. The molecule has 0 aliphatic carbocycles. The monoisotopic (exact) mass is 304 g/mol. The molecule has 2 heteroatoms. The van der Waals surface area contributed by atoms with Gasteiger partial charge < -0.3 is 9.47 Å². The molecular weight excluding hydrogens is 272 g/mol. The molecule has 0 spiro atoms. The van der Waals surface area contributed by atoms with Gasteiger partial charge in [0, 0.05) is 6.42 Å². The van der Waals surface area contributed by atoms with Crippen LogP contribution in [0.15, 0.2) is 24.3 Å². The molecule has 2 atom stereocenters. The van der Waals surface area contributed by atoms with Gasteiger partial charge in [-0.05, 0) is 54.2 Å². The van der Waals surface area contributed by atoms with Crippen molar-refractivity contribution in [2.24, 2.45) is 11.3 Å². The van der Waals surface area contributed by atoms with E-state index in [4.69, 9.17) is 9.47 Å². The molecule has 0 saturated carbocycles. The topological polar surface area (TPSA) is 18.5 Å². The van der Waals surface area contributed by atoms with Crippen LogP contribution in [0, 0.1) is 11.3 Å². The lowest BCUT2D eigenvalue weighted by Crippen LogP contribution is -2.25. The van der Waals surface area contributed by atoms with Crippen LogP contribution < -0.4 is 4.74 Å². The highest BCUT2D eigenvalue weighted by molar-refractivity contribution is 5.30. The van der Waals surface area contributed by atoms with Crippen LogP contribution in [0.25, 0.3) is 0 Å². The van der Waals surface area contributed by atoms with Crippen molar-refractivity contribution in [3.8, 4) is 5.75 Å². The van der Waals surface area contributed by atoms with Gasteiger partial charge in [0.2, 0.25) is 0 Å². The Kier molecular flexibility index (Phi) is 5.91. The van der Waals surface area contributed by atoms with Gasteiger partial charge in [-0.2, -0.15) is 0 Å². The van der Waals surface area contributed by atoms with E-state index in [0.29, 0.717) is 11.8 Å². The maximum Gasteiger partial charge on any atom is 0.199 e. The summed E-state index contributed by atoms with van der Waals surface area (Å²) in [5, 5.41) is 0. The lowest BCUT2D eigenvalue weighted by atomic mass is 9.72. The zero-order valence-electron chi connectivity index (χ0n) is 14.9. The van der Waals surface area contributed by atoms with Crippen LogP contribution in [0.3, 0.4) is 0 Å². The fourth-order valence-electron chi connectivity index (χ4n) is 3.20. The third-order valence-corrected chi connectivity index (χ3v) is 4.44. The van der Waals surface area contributed by atoms with E-state index in [-0.39, 0.29) is 11.7 Å². The molecule has 22 heavy (non-hydrogen) atoms. The maximum absolute atomic E-state index is 5.93. The number of rotatable bonds is 5. The molecule has 0 aromatic heterocycles. The van der Waals surface area contributed by atoms with Gasteiger partial charge in [0.1, 0.15) is 5.75 Å². The molecule has 2 nitrogen and oxygen atoms in total. The second-order valence-electron chi connectivity index (χ2n) is 8.03. The Morgan fingerprint density at radius 3 is 2.32 bits per heavy atom. The Labute approximate surface area is 136 Å². The van der Waals surface area contributed by atoms with Crippen LogP contribution in [0.5, 0.6) is 5.75 Å². The lowest BCUT2D eigenvalue weighted by molar-refractivity contribution is -0.105. The highest BCUT2D eigenvalue weighted by Crippen LogP contribution is 2.40. The van der Waals surface area contributed by atoms with Crippen LogP contribution in [-0.2, 0) is 4.74 Å². The summed E-state index contributed by atoms with van der Waals surface area (Å²) >= 11 is 0. The zero-order valence-corrected chi connectivity index (χ0v) is 14.9. The molecule has 124 valence electrons. The quantitative estimate of drug-likeness (QED) is 0.687. The summed E-state index contributed by atoms with van der Waals surface area (Å²) in [5.41, 5.74) is 1.69. The third kappa shape index (κ3) is 5.01. The second kappa shape index (κ2) is 7.50. The third-order valence-electron chi connectivity index (χ3n) is 4.44. The van der Waals surface area contributed by atoms with E-state index < -0.39 is 0 Å². The van der Waals surface area contributed by atoms with Crippen LogP contribution in [-0.4, -0.2) is 12.9 Å². The molecular formula is C20H32O2. The molecule has 1 aromatic rings. The first-order valence-electron chi connectivity index (χ1n) is 8.74. The van der Waals surface area contributed by atoms with E-state index in [9.17, 15) is 0 Å². The van der Waals surface area contributed by atoms with E-state index in [0.717, 1.165) is 25.2 Å². The normalized spacial score (nSPS) is 20.9. The predicted molar refractivity (Wildman–Crippen MR) is 92.3 cm³/mol. The first-order chi connectivity index (χ1) is 10.4. The van der Waals surface area contributed by atoms with Crippen LogP contribution >= 0.6 is 0 Å². The second-order valence-corrected chi connectivity index (χ2v) is 8.03. The number of hydrogen-bond acceptors (Lipinski definition) is 2. The summed E-state index contributed by atoms with van der Waals surface area (Å²) in [5.74, 6) is 2.20. The Morgan fingerprint density at radius 1 is 1.14 bits per heavy atom. The summed E-state index contributed by atoms with van der Waals surface area (Å²) in [4.78, 5) is 0. The number of ether oxygens (including phenoxy) is 2. The van der Waals surface area contributed by atoms with Gasteiger partial charge in [-0.25, -0.2) is 0 Å². The van der Waals surface area contributed by atoms with E-state index in [1.165, 1.54) is 18.4 Å². The maximum atomic E-state index is 5.93. The fourth-order valence-corrected chi connectivity index (χ4v) is 3.20. The van der Waals surface area contributed by atoms with Gasteiger partial charge >= 0.3 is 0 Å². The Morgan fingerprint density at radius 2 is 1.82 bits per heavy atom. The van der Waals surface area contributed by atoms with Crippen molar-refractivity contribution >= 4 is 0 Å². The van der Waals surface area contributed by atoms with Crippen molar-refractivity contribution in [3.05, 3.63) is 29.8 Å². The minimum atomic E-state index is -0.0614. The average Bonchev–Trinajstić information content (AvgIpc) is 2.46. The lowest BCUT2D eigenvalue weighted by Gasteiger charge is -2.33. The molecule has 1 aliphatic heterocycles. The summed E-state index contributed by atoms with van der Waals surface area (Å²) < 4.78 is 11.6. The SMILES string of the molecule is CC(C)CC(c1ccc(OC2CCCCO2)cc1)C(C)(C)C. The van der Waals surface area contributed by atoms with Crippen LogP contribution in [0.2, 0.25) is 0 Å². The summed E-state index contributed by atoms with van der Waals surface area (Å²) in [7, 11) is 0. The number of hydrogen-bond donors (Lipinski definition) is 0. The van der Waals surface area contributed by atoms with Crippen molar-refractivity contribution in [1.82, 2.24) is 0 Å². The van der Waals surface area contributed by atoms with E-state index >= 15 is 0 Å². The number of benzene rings is 1. The van der Waals surface area contributed by atoms with Crippen molar-refractivity contribution < 1.29 is 9.47 Å². The zero-order chi connectivity index (χ0) is 16.2. The minimum Gasteiger partial charge on any atom is -0.465 e. The Balaban J connectivity index is 2.05. The summed E-state index contributed by atoms with van der Waals surface area (Å²) in [6.45, 7) is 12.4. The van der Waals surface area contributed by atoms with Gasteiger partial charge in [-0.3, -0.25) is 0 Å². The van der Waals surface area contributed by atoms with Crippen molar-refractivity contribution in [3.63, 3.8) is 0 Å². The van der Waals surface area contributed by atoms with Crippen molar-refractivity contribution in [1.29, 1.82) is 0 Å². The predicted octanol–water partition coefficient (Wildman–Crippen LogP) is 5.77. The van der Waals surface area contributed by atoms with Gasteiger partial charge in [-0.1, -0.05) is 46.8 Å². The fraction of sp³-hybridized carbons (Fsp3) is 0.700. The first kappa shape index (κ1) is 17.3. The molecule has 1 fully saturated rings. The minimum absolute atomic E-state index is 0.0614. The van der Waals surface area contributed by atoms with Crippen LogP contribution in [0.4, 0.5) is 0 Å². The molecule has 1 heterocycles. The molecule has 2 rings (SSSR count). The van der Waals surface area contributed by atoms with E-state index in [1.54, 1.807) is 0 Å². The van der Waals surface area contributed by atoms with E-state index in [1.807, 2.05) is 0 Å². The van der Waals surface area contributed by atoms with Crippen molar-refractivity contribution in [2.45, 2.75) is 72.5 Å². The molecule has 0 bridgehead atoms. The molecule has 1 aliphatic rings. The summed E-state index contributed by atoms with van der Waals surface area (Å²) in [6.07, 6.45) is 4.51. The van der Waals surface area contributed by atoms with Gasteiger partial charge in [0.15, 0.2) is 6.29 Å². The molecule has 0 amide bonds. The largest absolute Gasteiger partial charge is 0.465 e.